The van der Waals surface area contributed by atoms with Gasteiger partial charge in [-0.15, -0.1) is 0 Å². The number of hydrogen-bond donors (Lipinski definition) is 2. The minimum atomic E-state index is 0.0291. The molecule has 31 heavy (non-hydrogen) atoms. The monoisotopic (exact) mass is 414 g/mol. The first-order chi connectivity index (χ1) is 15.1. The number of H-pyrrole nitrogens is 1. The van der Waals surface area contributed by atoms with Gasteiger partial charge in [-0.1, -0.05) is 12.1 Å². The van der Waals surface area contributed by atoms with Crippen molar-refractivity contribution in [2.24, 2.45) is 0 Å². The highest BCUT2D eigenvalue weighted by Gasteiger charge is 2.21. The van der Waals surface area contributed by atoms with Gasteiger partial charge in [-0.2, -0.15) is 5.26 Å². The summed E-state index contributed by atoms with van der Waals surface area (Å²) in [7, 11) is 0. The molecular weight excluding hydrogens is 388 g/mol. The number of anilines is 2. The van der Waals surface area contributed by atoms with Crippen molar-refractivity contribution in [3.05, 3.63) is 63.2 Å². The van der Waals surface area contributed by atoms with Gasteiger partial charge in [0.05, 0.1) is 22.5 Å². The summed E-state index contributed by atoms with van der Waals surface area (Å²) >= 11 is 0. The van der Waals surface area contributed by atoms with E-state index in [9.17, 15) is 10.1 Å². The Morgan fingerprint density at radius 1 is 1.19 bits per heavy atom. The molecule has 7 nitrogen and oxygen atoms in total. The number of hydrogen-bond acceptors (Lipinski definition) is 6. The van der Waals surface area contributed by atoms with Crippen LogP contribution < -0.4 is 15.8 Å². The second-order valence-corrected chi connectivity index (χ2v) is 8.44. The van der Waals surface area contributed by atoms with E-state index >= 15 is 0 Å². The zero-order valence-electron chi connectivity index (χ0n) is 17.7. The van der Waals surface area contributed by atoms with Crippen molar-refractivity contribution in [1.82, 2.24) is 14.9 Å². The van der Waals surface area contributed by atoms with Crippen molar-refractivity contribution in [2.45, 2.75) is 26.3 Å². The van der Waals surface area contributed by atoms with E-state index in [0.29, 0.717) is 5.56 Å². The average Bonchev–Trinajstić information content (AvgIpc) is 2.80. The number of aromatic amines is 1. The Hall–Kier alpha value is -3.37. The van der Waals surface area contributed by atoms with Gasteiger partial charge < -0.3 is 15.2 Å². The van der Waals surface area contributed by atoms with Crippen LogP contribution in [0.1, 0.15) is 28.8 Å². The molecule has 1 aromatic carbocycles. The van der Waals surface area contributed by atoms with Crippen LogP contribution in [0.5, 0.6) is 0 Å². The third kappa shape index (κ3) is 3.75. The fourth-order valence-corrected chi connectivity index (χ4v) is 4.70. The summed E-state index contributed by atoms with van der Waals surface area (Å²) in [6.07, 6.45) is 3.51. The number of aromatic nitrogens is 2. The van der Waals surface area contributed by atoms with E-state index in [0.717, 1.165) is 85.6 Å². The lowest BCUT2D eigenvalue weighted by atomic mass is 10.0. The molecule has 1 fully saturated rings. The van der Waals surface area contributed by atoms with E-state index in [1.165, 1.54) is 5.56 Å². The molecule has 0 radical (unpaired) electrons. The van der Waals surface area contributed by atoms with Crippen LogP contribution in [0.2, 0.25) is 0 Å². The van der Waals surface area contributed by atoms with Gasteiger partial charge in [0.1, 0.15) is 6.07 Å². The number of rotatable bonds is 3. The van der Waals surface area contributed by atoms with Crippen molar-refractivity contribution in [3.63, 3.8) is 0 Å². The van der Waals surface area contributed by atoms with Gasteiger partial charge in [0, 0.05) is 62.1 Å². The third-order valence-corrected chi connectivity index (χ3v) is 6.34. The van der Waals surface area contributed by atoms with Crippen molar-refractivity contribution < 1.29 is 0 Å². The number of aryl methyl sites for hydroxylation is 1. The summed E-state index contributed by atoms with van der Waals surface area (Å²) in [5.74, 6) is 0. The van der Waals surface area contributed by atoms with Crippen LogP contribution in [-0.4, -0.2) is 47.6 Å². The molecule has 0 spiro atoms. The molecule has 0 atom stereocenters. The number of benzene rings is 1. The highest BCUT2D eigenvalue weighted by Crippen LogP contribution is 2.28. The van der Waals surface area contributed by atoms with Gasteiger partial charge >= 0.3 is 0 Å². The van der Waals surface area contributed by atoms with Crippen molar-refractivity contribution in [1.29, 1.82) is 5.26 Å². The molecule has 4 heterocycles. The van der Waals surface area contributed by atoms with Gasteiger partial charge in [-0.3, -0.25) is 14.7 Å². The minimum Gasteiger partial charge on any atom is -0.384 e. The Balaban J connectivity index is 1.31. The minimum absolute atomic E-state index is 0.0291. The van der Waals surface area contributed by atoms with E-state index in [1.807, 2.05) is 13.0 Å². The topological polar surface area (TPSA) is 88.0 Å². The summed E-state index contributed by atoms with van der Waals surface area (Å²) in [5.41, 5.74) is 6.56. The molecule has 3 aromatic rings. The molecule has 158 valence electrons. The quantitative estimate of drug-likeness (QED) is 0.685. The third-order valence-electron chi connectivity index (χ3n) is 6.34. The molecule has 0 aliphatic carbocycles. The van der Waals surface area contributed by atoms with Crippen LogP contribution in [0.25, 0.3) is 10.9 Å². The largest absolute Gasteiger partial charge is 0.384 e. The standard InChI is InChI=1S/C24H26N6O/c1-16-11-22(18(13-25)14-27-16)30-9-7-29(8-10-30)15-17-4-5-19-21(12-17)28-24(31)20-3-2-6-26-23(19)20/h4-5,11-12,14,26H,2-3,6-10,15H2,1H3,(H,28,31). The van der Waals surface area contributed by atoms with Crippen LogP contribution in [0.15, 0.2) is 35.3 Å². The lowest BCUT2D eigenvalue weighted by molar-refractivity contribution is 0.250. The summed E-state index contributed by atoms with van der Waals surface area (Å²) < 4.78 is 0. The lowest BCUT2D eigenvalue weighted by Gasteiger charge is -2.36. The number of nitrogens with zero attached hydrogens (tertiary/aromatic N) is 4. The summed E-state index contributed by atoms with van der Waals surface area (Å²) in [6.45, 7) is 7.32. The molecule has 2 aliphatic rings. The Bertz CT molecular complexity index is 1230. The highest BCUT2D eigenvalue weighted by atomic mass is 16.1. The summed E-state index contributed by atoms with van der Waals surface area (Å²) in [4.78, 5) is 24.5. The van der Waals surface area contributed by atoms with Crippen LogP contribution in [-0.2, 0) is 13.0 Å². The van der Waals surface area contributed by atoms with Gasteiger partial charge in [-0.05, 0) is 37.5 Å². The molecular formula is C24H26N6O. The Labute approximate surface area is 181 Å². The maximum atomic E-state index is 12.5. The first kappa shape index (κ1) is 19.6. The molecule has 5 rings (SSSR count). The first-order valence-corrected chi connectivity index (χ1v) is 10.9. The van der Waals surface area contributed by atoms with E-state index in [4.69, 9.17) is 0 Å². The molecule has 0 amide bonds. The van der Waals surface area contributed by atoms with E-state index in [-0.39, 0.29) is 5.56 Å². The molecule has 1 saturated heterocycles. The fraction of sp³-hybridized carbons (Fsp3) is 0.375. The normalized spacial score (nSPS) is 16.6. The number of nitrogens with one attached hydrogen (secondary N) is 2. The number of pyridine rings is 2. The second kappa shape index (κ2) is 8.05. The lowest BCUT2D eigenvalue weighted by Crippen LogP contribution is -2.46. The van der Waals surface area contributed by atoms with Crippen LogP contribution in [0, 0.1) is 18.3 Å². The number of nitriles is 1. The van der Waals surface area contributed by atoms with Crippen LogP contribution in [0.4, 0.5) is 11.4 Å². The Morgan fingerprint density at radius 2 is 2.03 bits per heavy atom. The Morgan fingerprint density at radius 3 is 2.84 bits per heavy atom. The molecule has 2 aliphatic heterocycles. The van der Waals surface area contributed by atoms with Gasteiger partial charge in [0.15, 0.2) is 0 Å². The first-order valence-electron chi connectivity index (χ1n) is 10.9. The fourth-order valence-electron chi connectivity index (χ4n) is 4.70. The van der Waals surface area contributed by atoms with Gasteiger partial charge in [0.2, 0.25) is 0 Å². The van der Waals surface area contributed by atoms with Gasteiger partial charge in [-0.25, -0.2) is 0 Å². The summed E-state index contributed by atoms with van der Waals surface area (Å²) in [5, 5.41) is 13.9. The molecule has 2 N–H and O–H groups in total. The van der Waals surface area contributed by atoms with Crippen LogP contribution in [0.3, 0.4) is 0 Å². The van der Waals surface area contributed by atoms with Crippen molar-refractivity contribution in [3.8, 4) is 6.07 Å². The van der Waals surface area contributed by atoms with E-state index in [2.05, 4.69) is 49.4 Å². The highest BCUT2D eigenvalue weighted by molar-refractivity contribution is 5.93. The van der Waals surface area contributed by atoms with Gasteiger partial charge in [0.25, 0.3) is 5.56 Å². The molecule has 0 bridgehead atoms. The Kier molecular flexibility index (Phi) is 5.08. The average molecular weight is 415 g/mol. The predicted molar refractivity (Wildman–Crippen MR) is 123 cm³/mol. The number of piperazine rings is 1. The molecule has 0 unspecified atom stereocenters. The second-order valence-electron chi connectivity index (χ2n) is 8.44. The van der Waals surface area contributed by atoms with Crippen molar-refractivity contribution in [2.75, 3.05) is 42.9 Å². The van der Waals surface area contributed by atoms with E-state index in [1.54, 1.807) is 6.20 Å². The molecule has 0 saturated carbocycles. The van der Waals surface area contributed by atoms with E-state index < -0.39 is 0 Å². The molecule has 2 aromatic heterocycles. The van der Waals surface area contributed by atoms with Crippen molar-refractivity contribution >= 4 is 22.3 Å². The zero-order chi connectivity index (χ0) is 21.4. The molecule has 7 heteroatoms. The number of fused-ring (bicyclic) bond motifs is 3. The maximum Gasteiger partial charge on any atom is 0.253 e. The summed E-state index contributed by atoms with van der Waals surface area (Å²) in [6, 6.07) is 10.7. The maximum absolute atomic E-state index is 12.5. The SMILES string of the molecule is Cc1cc(N2CCN(Cc3ccc4c5c(c(=O)[nH]c4c3)CCCN5)CC2)c(C#N)cn1. The zero-order valence-corrected chi connectivity index (χ0v) is 17.7. The smallest absolute Gasteiger partial charge is 0.253 e. The predicted octanol–water partition coefficient (Wildman–Crippen LogP) is 2.78. The van der Waals surface area contributed by atoms with Crippen LogP contribution >= 0.6 is 0 Å².